The summed E-state index contributed by atoms with van der Waals surface area (Å²) in [6.45, 7) is 6.76. The second kappa shape index (κ2) is 5.43. The topological polar surface area (TPSA) is 0 Å². The highest BCUT2D eigenvalue weighted by atomic mass is 32.1. The molecule has 1 atom stereocenters. The van der Waals surface area contributed by atoms with E-state index in [2.05, 4.69) is 32.2 Å². The summed E-state index contributed by atoms with van der Waals surface area (Å²) in [7, 11) is 0. The highest BCUT2D eigenvalue weighted by molar-refractivity contribution is 7.10. The van der Waals surface area contributed by atoms with Gasteiger partial charge in [-0.05, 0) is 42.7 Å². The first-order valence-corrected chi connectivity index (χ1v) is 6.20. The van der Waals surface area contributed by atoms with Gasteiger partial charge in [-0.15, -0.1) is 11.3 Å². The summed E-state index contributed by atoms with van der Waals surface area (Å²) in [5, 5.41) is 2.33. The van der Waals surface area contributed by atoms with Crippen LogP contribution in [-0.2, 0) is 0 Å². The predicted octanol–water partition coefficient (Wildman–Crippen LogP) is 4.74. The normalized spacial score (nSPS) is 13.2. The van der Waals surface area contributed by atoms with Gasteiger partial charge in [0.2, 0.25) is 0 Å². The summed E-state index contributed by atoms with van der Waals surface area (Å²) < 4.78 is 0. The Kier molecular flexibility index (Phi) is 4.51. The average molecular weight is 196 g/mol. The highest BCUT2D eigenvalue weighted by Crippen LogP contribution is 2.28. The number of thiophene rings is 1. The lowest BCUT2D eigenvalue weighted by molar-refractivity contribution is 0.571. The molecule has 0 spiro atoms. The Morgan fingerprint density at radius 3 is 2.62 bits per heavy atom. The van der Waals surface area contributed by atoms with E-state index in [1.165, 1.54) is 30.6 Å². The van der Waals surface area contributed by atoms with E-state index in [0.717, 1.165) is 5.92 Å². The molecule has 0 bridgehead atoms. The van der Waals surface area contributed by atoms with Gasteiger partial charge in [0.1, 0.15) is 0 Å². The number of aryl methyl sites for hydroxylation is 1. The van der Waals surface area contributed by atoms with Gasteiger partial charge in [-0.2, -0.15) is 0 Å². The van der Waals surface area contributed by atoms with Crippen molar-refractivity contribution < 1.29 is 0 Å². The minimum Gasteiger partial charge on any atom is -0.149 e. The summed E-state index contributed by atoms with van der Waals surface area (Å²) in [5.74, 6) is 0.810. The molecular formula is C12H20S. The predicted molar refractivity (Wildman–Crippen MR) is 61.6 cm³/mol. The largest absolute Gasteiger partial charge is 0.149 e. The first-order chi connectivity index (χ1) is 6.27. The van der Waals surface area contributed by atoms with Crippen molar-refractivity contribution in [3.63, 3.8) is 0 Å². The van der Waals surface area contributed by atoms with Crippen LogP contribution >= 0.6 is 11.3 Å². The third-order valence-corrected chi connectivity index (χ3v) is 3.50. The molecule has 0 aromatic carbocycles. The standard InChI is InChI=1S/C12H20S/c1-4-6-7-11(5-2)12-8-10(3)13-9-12/h8-9,11H,4-7H2,1-3H3. The fourth-order valence-corrected chi connectivity index (χ4v) is 2.52. The van der Waals surface area contributed by atoms with Crippen LogP contribution < -0.4 is 0 Å². The van der Waals surface area contributed by atoms with Crippen LogP contribution in [0.4, 0.5) is 0 Å². The number of hydrogen-bond acceptors (Lipinski definition) is 1. The van der Waals surface area contributed by atoms with Crippen LogP contribution in [0, 0.1) is 6.92 Å². The van der Waals surface area contributed by atoms with Gasteiger partial charge >= 0.3 is 0 Å². The minimum absolute atomic E-state index is 0.810. The molecule has 0 amide bonds. The maximum absolute atomic E-state index is 2.36. The Morgan fingerprint density at radius 2 is 2.15 bits per heavy atom. The minimum atomic E-state index is 0.810. The SMILES string of the molecule is CCCCC(CC)c1csc(C)c1. The van der Waals surface area contributed by atoms with Crippen molar-refractivity contribution in [3.8, 4) is 0 Å². The maximum atomic E-state index is 2.36. The first kappa shape index (κ1) is 10.8. The van der Waals surface area contributed by atoms with E-state index in [4.69, 9.17) is 0 Å². The van der Waals surface area contributed by atoms with Crippen molar-refractivity contribution in [1.29, 1.82) is 0 Å². The highest BCUT2D eigenvalue weighted by Gasteiger charge is 2.09. The lowest BCUT2D eigenvalue weighted by Crippen LogP contribution is -1.94. The Bertz CT molecular complexity index is 237. The third kappa shape index (κ3) is 3.15. The Hall–Kier alpha value is -0.300. The van der Waals surface area contributed by atoms with E-state index in [1.54, 1.807) is 5.56 Å². The molecule has 0 nitrogen and oxygen atoms in total. The van der Waals surface area contributed by atoms with Crippen LogP contribution in [0.3, 0.4) is 0 Å². The fourth-order valence-electron chi connectivity index (χ4n) is 1.73. The molecule has 0 fully saturated rings. The van der Waals surface area contributed by atoms with Gasteiger partial charge in [-0.3, -0.25) is 0 Å². The number of hydrogen-bond donors (Lipinski definition) is 0. The maximum Gasteiger partial charge on any atom is 0.00171 e. The molecule has 0 N–H and O–H groups in total. The van der Waals surface area contributed by atoms with Crippen LogP contribution in [0.25, 0.3) is 0 Å². The molecule has 1 heteroatoms. The molecule has 1 unspecified atom stereocenters. The second-order valence-electron chi connectivity index (χ2n) is 3.74. The molecule has 1 aromatic heterocycles. The Morgan fingerprint density at radius 1 is 1.38 bits per heavy atom. The monoisotopic (exact) mass is 196 g/mol. The summed E-state index contributed by atoms with van der Waals surface area (Å²) in [4.78, 5) is 1.45. The van der Waals surface area contributed by atoms with Crippen molar-refractivity contribution in [2.45, 2.75) is 52.4 Å². The van der Waals surface area contributed by atoms with Crippen molar-refractivity contribution in [1.82, 2.24) is 0 Å². The summed E-state index contributed by atoms with van der Waals surface area (Å²) in [6.07, 6.45) is 5.34. The number of unbranched alkanes of at least 4 members (excludes halogenated alkanes) is 1. The molecule has 1 heterocycles. The van der Waals surface area contributed by atoms with Crippen molar-refractivity contribution >= 4 is 11.3 Å². The first-order valence-electron chi connectivity index (χ1n) is 5.33. The van der Waals surface area contributed by atoms with E-state index in [-0.39, 0.29) is 0 Å². The van der Waals surface area contributed by atoms with Gasteiger partial charge in [0.15, 0.2) is 0 Å². The van der Waals surface area contributed by atoms with E-state index >= 15 is 0 Å². The zero-order chi connectivity index (χ0) is 9.68. The van der Waals surface area contributed by atoms with Crippen LogP contribution in [0.2, 0.25) is 0 Å². The zero-order valence-corrected chi connectivity index (χ0v) is 9.79. The fraction of sp³-hybridized carbons (Fsp3) is 0.667. The Labute approximate surface area is 86.0 Å². The molecule has 0 radical (unpaired) electrons. The lowest BCUT2D eigenvalue weighted by atomic mass is 9.93. The van der Waals surface area contributed by atoms with Gasteiger partial charge in [-0.25, -0.2) is 0 Å². The summed E-state index contributed by atoms with van der Waals surface area (Å²) in [5.41, 5.74) is 1.57. The van der Waals surface area contributed by atoms with E-state index in [9.17, 15) is 0 Å². The summed E-state index contributed by atoms with van der Waals surface area (Å²) >= 11 is 1.88. The lowest BCUT2D eigenvalue weighted by Gasteiger charge is -2.12. The van der Waals surface area contributed by atoms with Crippen LogP contribution in [-0.4, -0.2) is 0 Å². The Balaban J connectivity index is 2.56. The molecule has 0 saturated heterocycles. The second-order valence-corrected chi connectivity index (χ2v) is 4.85. The molecule has 0 aliphatic rings. The quantitative estimate of drug-likeness (QED) is 0.638. The molecule has 0 aliphatic carbocycles. The van der Waals surface area contributed by atoms with Crippen LogP contribution in [0.1, 0.15) is 55.9 Å². The molecule has 1 rings (SSSR count). The molecular weight excluding hydrogens is 176 g/mol. The average Bonchev–Trinajstić information content (AvgIpc) is 2.54. The van der Waals surface area contributed by atoms with Gasteiger partial charge in [0.05, 0.1) is 0 Å². The number of rotatable bonds is 5. The van der Waals surface area contributed by atoms with E-state index < -0.39 is 0 Å². The van der Waals surface area contributed by atoms with Crippen LogP contribution in [0.5, 0.6) is 0 Å². The molecule has 13 heavy (non-hydrogen) atoms. The molecule has 74 valence electrons. The van der Waals surface area contributed by atoms with Crippen LogP contribution in [0.15, 0.2) is 11.4 Å². The third-order valence-electron chi connectivity index (χ3n) is 2.62. The molecule has 0 saturated carbocycles. The van der Waals surface area contributed by atoms with Crippen molar-refractivity contribution in [2.75, 3.05) is 0 Å². The van der Waals surface area contributed by atoms with Gasteiger partial charge < -0.3 is 0 Å². The van der Waals surface area contributed by atoms with Gasteiger partial charge in [0, 0.05) is 4.88 Å². The molecule has 0 aliphatic heterocycles. The van der Waals surface area contributed by atoms with Crippen molar-refractivity contribution in [2.24, 2.45) is 0 Å². The van der Waals surface area contributed by atoms with Gasteiger partial charge in [-0.1, -0.05) is 26.7 Å². The van der Waals surface area contributed by atoms with Gasteiger partial charge in [0.25, 0.3) is 0 Å². The summed E-state index contributed by atoms with van der Waals surface area (Å²) in [6, 6.07) is 2.36. The van der Waals surface area contributed by atoms with Crippen molar-refractivity contribution in [3.05, 3.63) is 21.9 Å². The van der Waals surface area contributed by atoms with E-state index in [0.29, 0.717) is 0 Å². The molecule has 1 aromatic rings. The van der Waals surface area contributed by atoms with E-state index in [1.807, 2.05) is 11.3 Å². The zero-order valence-electron chi connectivity index (χ0n) is 8.97. The smallest absolute Gasteiger partial charge is 0.00171 e.